The third-order valence-electron chi connectivity index (χ3n) is 3.99. The van der Waals surface area contributed by atoms with Crippen molar-refractivity contribution in [2.75, 3.05) is 11.1 Å². The van der Waals surface area contributed by atoms with Crippen LogP contribution in [0.25, 0.3) is 0 Å². The standard InChI is InChI=1S/C19H14FN7O2/c1-11-14(10-21)19(23-12-5-3-2-4-6-12)24-18(22)17(11)26-25-16-8-7-13(27(28)29)9-15(16)20/h2-9H,1H3,(H3,22,23,24)/b26-25+. The maximum absolute atomic E-state index is 14.0. The van der Waals surface area contributed by atoms with Gasteiger partial charge in [-0.2, -0.15) is 5.26 Å². The molecule has 0 unspecified atom stereocenters. The van der Waals surface area contributed by atoms with E-state index in [9.17, 15) is 19.8 Å². The number of nitro groups is 1. The zero-order valence-corrected chi connectivity index (χ0v) is 15.1. The van der Waals surface area contributed by atoms with Crippen molar-refractivity contribution in [2.24, 2.45) is 10.2 Å². The van der Waals surface area contributed by atoms with E-state index in [2.05, 4.69) is 20.5 Å². The molecule has 10 heteroatoms. The molecule has 144 valence electrons. The number of azo groups is 1. The second kappa shape index (κ2) is 8.10. The van der Waals surface area contributed by atoms with Crippen LogP contribution in [0.3, 0.4) is 0 Å². The maximum Gasteiger partial charge on any atom is 0.272 e. The highest BCUT2D eigenvalue weighted by molar-refractivity contribution is 5.75. The number of para-hydroxylation sites is 1. The fourth-order valence-electron chi connectivity index (χ4n) is 2.52. The molecular formula is C19H14FN7O2. The van der Waals surface area contributed by atoms with Crippen LogP contribution in [0.4, 0.5) is 38.8 Å². The van der Waals surface area contributed by atoms with E-state index in [1.807, 2.05) is 24.3 Å². The number of hydrogen-bond donors (Lipinski definition) is 2. The van der Waals surface area contributed by atoms with Gasteiger partial charge in [-0.15, -0.1) is 10.2 Å². The minimum atomic E-state index is -0.907. The molecule has 0 radical (unpaired) electrons. The van der Waals surface area contributed by atoms with Crippen LogP contribution >= 0.6 is 0 Å². The lowest BCUT2D eigenvalue weighted by atomic mass is 10.1. The molecule has 0 atom stereocenters. The molecule has 0 spiro atoms. The number of pyridine rings is 1. The van der Waals surface area contributed by atoms with E-state index in [0.29, 0.717) is 5.56 Å². The molecule has 0 amide bonds. The molecule has 1 heterocycles. The van der Waals surface area contributed by atoms with E-state index >= 15 is 0 Å². The molecule has 3 N–H and O–H groups in total. The number of hydrogen-bond acceptors (Lipinski definition) is 8. The number of halogens is 1. The van der Waals surface area contributed by atoms with Crippen molar-refractivity contribution in [3.05, 3.63) is 75.6 Å². The molecule has 29 heavy (non-hydrogen) atoms. The zero-order chi connectivity index (χ0) is 21.0. The molecule has 0 aliphatic heterocycles. The summed E-state index contributed by atoms with van der Waals surface area (Å²) in [6, 6.07) is 14.2. The first-order chi connectivity index (χ1) is 13.9. The lowest BCUT2D eigenvalue weighted by molar-refractivity contribution is -0.385. The number of nitrogen functional groups attached to an aromatic ring is 1. The third-order valence-corrected chi connectivity index (χ3v) is 3.99. The zero-order valence-electron chi connectivity index (χ0n) is 15.1. The van der Waals surface area contributed by atoms with Gasteiger partial charge in [-0.3, -0.25) is 10.1 Å². The predicted octanol–water partition coefficient (Wildman–Crippen LogP) is 5.05. The van der Waals surface area contributed by atoms with Gasteiger partial charge in [0.25, 0.3) is 5.69 Å². The first kappa shape index (κ1) is 19.4. The number of rotatable bonds is 5. The van der Waals surface area contributed by atoms with Gasteiger partial charge in [-0.25, -0.2) is 9.37 Å². The summed E-state index contributed by atoms with van der Waals surface area (Å²) in [6.45, 7) is 1.62. The molecule has 3 rings (SSSR count). The Morgan fingerprint density at radius 1 is 1.24 bits per heavy atom. The lowest BCUT2D eigenvalue weighted by Gasteiger charge is -2.12. The number of anilines is 3. The minimum Gasteiger partial charge on any atom is -0.382 e. The number of nitro benzene ring substituents is 1. The second-order valence-electron chi connectivity index (χ2n) is 5.89. The van der Waals surface area contributed by atoms with E-state index in [1.165, 1.54) is 0 Å². The SMILES string of the molecule is Cc1c(C#N)c(Nc2ccccc2)nc(N)c1/N=N/c1ccc([N+](=O)[O-])cc1F. The van der Waals surface area contributed by atoms with Crippen LogP contribution < -0.4 is 11.1 Å². The molecule has 2 aromatic carbocycles. The molecule has 0 bridgehead atoms. The predicted molar refractivity (Wildman–Crippen MR) is 105 cm³/mol. The molecule has 1 aromatic heterocycles. The highest BCUT2D eigenvalue weighted by Gasteiger charge is 2.16. The summed E-state index contributed by atoms with van der Waals surface area (Å²) in [4.78, 5) is 14.2. The molecule has 9 nitrogen and oxygen atoms in total. The van der Waals surface area contributed by atoms with Crippen molar-refractivity contribution in [3.63, 3.8) is 0 Å². The number of nitrogens with two attached hydrogens (primary N) is 1. The van der Waals surface area contributed by atoms with Crippen LogP contribution in [0.1, 0.15) is 11.1 Å². The summed E-state index contributed by atoms with van der Waals surface area (Å²) in [5, 5.41) is 30.9. The number of aromatic nitrogens is 1. The van der Waals surface area contributed by atoms with Crippen LogP contribution in [-0.2, 0) is 0 Å². The minimum absolute atomic E-state index is 0.00833. The lowest BCUT2D eigenvalue weighted by Crippen LogP contribution is -2.03. The van der Waals surface area contributed by atoms with E-state index < -0.39 is 16.4 Å². The van der Waals surface area contributed by atoms with Crippen molar-refractivity contribution in [1.29, 1.82) is 5.26 Å². The van der Waals surface area contributed by atoms with Crippen molar-refractivity contribution >= 4 is 34.4 Å². The van der Waals surface area contributed by atoms with Crippen LogP contribution in [0.5, 0.6) is 0 Å². The third kappa shape index (κ3) is 4.14. The quantitative estimate of drug-likeness (QED) is 0.354. The maximum atomic E-state index is 14.0. The Kier molecular flexibility index (Phi) is 5.41. The van der Waals surface area contributed by atoms with E-state index in [1.54, 1.807) is 19.1 Å². The number of benzene rings is 2. The van der Waals surface area contributed by atoms with E-state index in [4.69, 9.17) is 5.73 Å². The summed E-state index contributed by atoms with van der Waals surface area (Å²) in [5.41, 5.74) is 6.80. The Morgan fingerprint density at radius 3 is 2.59 bits per heavy atom. The average molecular weight is 391 g/mol. The van der Waals surface area contributed by atoms with Gasteiger partial charge in [0, 0.05) is 17.3 Å². The fourth-order valence-corrected chi connectivity index (χ4v) is 2.52. The highest BCUT2D eigenvalue weighted by atomic mass is 19.1. The molecule has 0 fully saturated rings. The number of nitriles is 1. The highest BCUT2D eigenvalue weighted by Crippen LogP contribution is 2.34. The van der Waals surface area contributed by atoms with Gasteiger partial charge in [0.05, 0.1) is 16.6 Å². The monoisotopic (exact) mass is 391 g/mol. The Bertz CT molecular complexity index is 1160. The summed E-state index contributed by atoms with van der Waals surface area (Å²) in [6.07, 6.45) is 0. The topological polar surface area (TPSA) is 143 Å². The molecule has 0 aliphatic rings. The van der Waals surface area contributed by atoms with Gasteiger partial charge < -0.3 is 11.1 Å². The second-order valence-corrected chi connectivity index (χ2v) is 5.89. The molecule has 0 saturated carbocycles. The molecule has 0 aliphatic carbocycles. The summed E-state index contributed by atoms with van der Waals surface area (Å²) in [7, 11) is 0. The van der Waals surface area contributed by atoms with Gasteiger partial charge in [0.15, 0.2) is 17.5 Å². The average Bonchev–Trinajstić information content (AvgIpc) is 2.69. The number of nitrogens with one attached hydrogen (secondary N) is 1. The normalized spacial score (nSPS) is 10.7. The Balaban J connectivity index is 1.97. The van der Waals surface area contributed by atoms with E-state index in [-0.39, 0.29) is 28.6 Å². The van der Waals surface area contributed by atoms with Crippen LogP contribution in [-0.4, -0.2) is 9.91 Å². The first-order valence-electron chi connectivity index (χ1n) is 8.28. The molecular weight excluding hydrogens is 377 g/mol. The summed E-state index contributed by atoms with van der Waals surface area (Å²) >= 11 is 0. The van der Waals surface area contributed by atoms with E-state index in [0.717, 1.165) is 23.9 Å². The smallest absolute Gasteiger partial charge is 0.272 e. The Labute approximate surface area is 164 Å². The van der Waals surface area contributed by atoms with Gasteiger partial charge in [-0.05, 0) is 25.1 Å². The van der Waals surface area contributed by atoms with Gasteiger partial charge in [-0.1, -0.05) is 18.2 Å². The van der Waals surface area contributed by atoms with Crippen LogP contribution in [0, 0.1) is 34.2 Å². The van der Waals surface area contributed by atoms with Crippen LogP contribution in [0.2, 0.25) is 0 Å². The first-order valence-corrected chi connectivity index (χ1v) is 8.28. The van der Waals surface area contributed by atoms with Crippen molar-refractivity contribution in [3.8, 4) is 6.07 Å². The fraction of sp³-hybridized carbons (Fsp3) is 0.0526. The van der Waals surface area contributed by atoms with Crippen LogP contribution in [0.15, 0.2) is 58.8 Å². The van der Waals surface area contributed by atoms with Gasteiger partial charge in [0.1, 0.15) is 17.4 Å². The summed E-state index contributed by atoms with van der Waals surface area (Å²) < 4.78 is 14.0. The Hall–Kier alpha value is -4.39. The number of nitrogens with zero attached hydrogens (tertiary/aromatic N) is 5. The number of non-ortho nitro benzene ring substituents is 1. The van der Waals surface area contributed by atoms with Crippen molar-refractivity contribution in [2.45, 2.75) is 6.92 Å². The largest absolute Gasteiger partial charge is 0.382 e. The van der Waals surface area contributed by atoms with Gasteiger partial charge in [0.2, 0.25) is 0 Å². The van der Waals surface area contributed by atoms with Crippen molar-refractivity contribution < 1.29 is 9.31 Å². The van der Waals surface area contributed by atoms with Crippen molar-refractivity contribution in [1.82, 2.24) is 4.98 Å². The van der Waals surface area contributed by atoms with Gasteiger partial charge >= 0.3 is 0 Å². The molecule has 0 saturated heterocycles. The summed E-state index contributed by atoms with van der Waals surface area (Å²) in [5.74, 6) is -0.657. The Morgan fingerprint density at radius 2 is 1.97 bits per heavy atom. The molecule has 3 aromatic rings.